The zero-order chi connectivity index (χ0) is 11.9. The van der Waals surface area contributed by atoms with Crippen LogP contribution >= 0.6 is 16.8 Å². The minimum absolute atomic E-state index is 1.19. The number of nitrogens with one attached hydrogen (secondary N) is 1. The van der Waals surface area contributed by atoms with Crippen LogP contribution < -0.4 is 10.4 Å². The minimum atomic E-state index is -1.72. The maximum absolute atomic E-state index is 5.84. The van der Waals surface area contributed by atoms with Gasteiger partial charge in [0.25, 0.3) is 0 Å². The van der Waals surface area contributed by atoms with Crippen LogP contribution in [0.25, 0.3) is 0 Å². The fourth-order valence-corrected chi connectivity index (χ4v) is 7.80. The Balaban J connectivity index is 2.03. The fraction of sp³-hybridized carbons (Fsp3) is 0.0769. The van der Waals surface area contributed by atoms with E-state index in [-0.39, 0.29) is 0 Å². The number of aryl methyl sites for hydroxylation is 1. The fourth-order valence-electron chi connectivity index (χ4n) is 1.86. The minimum Gasteiger partial charge on any atom is -0.345 e. The third kappa shape index (κ3) is 2.03. The Morgan fingerprint density at radius 3 is 2.65 bits per heavy atom. The molecule has 0 aliphatic carbocycles. The van der Waals surface area contributed by atoms with Crippen molar-refractivity contribution in [2.75, 3.05) is 5.09 Å². The molecule has 1 unspecified atom stereocenters. The number of anilines is 1. The van der Waals surface area contributed by atoms with E-state index in [9.17, 15) is 0 Å². The van der Waals surface area contributed by atoms with Gasteiger partial charge >= 0.3 is 0 Å². The molecule has 0 fully saturated rings. The van der Waals surface area contributed by atoms with Crippen molar-refractivity contribution in [3.63, 3.8) is 0 Å². The molecule has 1 aliphatic heterocycles. The average molecular weight is 277 g/mol. The summed E-state index contributed by atoms with van der Waals surface area (Å²) in [5.41, 5.74) is 2.47. The molecule has 17 heavy (non-hydrogen) atoms. The quantitative estimate of drug-likeness (QED) is 0.787. The summed E-state index contributed by atoms with van der Waals surface area (Å²) in [6.45, 7) is 2.12. The van der Waals surface area contributed by atoms with Gasteiger partial charge < -0.3 is 5.09 Å². The summed E-state index contributed by atoms with van der Waals surface area (Å²) >= 11 is 7.67. The molecule has 4 heteroatoms. The summed E-state index contributed by atoms with van der Waals surface area (Å²) in [4.78, 5) is 1.29. The topological polar surface area (TPSA) is 12.0 Å². The lowest BCUT2D eigenvalue weighted by Gasteiger charge is -2.15. The Morgan fingerprint density at radius 1 is 1.12 bits per heavy atom. The molecule has 0 bridgehead atoms. The highest BCUT2D eigenvalue weighted by molar-refractivity contribution is 8.74. The van der Waals surface area contributed by atoms with Crippen LogP contribution in [0.2, 0.25) is 0 Å². The molecule has 0 saturated carbocycles. The average Bonchev–Trinajstić information content (AvgIpc) is 2.67. The number of rotatable bonds is 1. The summed E-state index contributed by atoms with van der Waals surface area (Å²) in [5.74, 6) is 0. The Kier molecular flexibility index (Phi) is 2.78. The van der Waals surface area contributed by atoms with Crippen LogP contribution in [-0.2, 0) is 11.8 Å². The highest BCUT2D eigenvalue weighted by atomic mass is 32.9. The van der Waals surface area contributed by atoms with Crippen LogP contribution in [-0.4, -0.2) is 0 Å². The molecule has 3 rings (SSSR count). The molecule has 0 radical (unpaired) electrons. The Morgan fingerprint density at radius 2 is 1.88 bits per heavy atom. The molecule has 0 aromatic heterocycles. The second-order valence-electron chi connectivity index (χ2n) is 4.09. The molecule has 86 valence electrons. The number of hydrogen-bond donors (Lipinski definition) is 1. The molecule has 1 nitrogen and oxygen atoms in total. The lowest BCUT2D eigenvalue weighted by atomic mass is 10.2. The van der Waals surface area contributed by atoms with E-state index in [1.165, 1.54) is 21.5 Å². The number of hydrogen-bond acceptors (Lipinski definition) is 2. The Labute approximate surface area is 110 Å². The van der Waals surface area contributed by atoms with Gasteiger partial charge in [0, 0.05) is 10.2 Å². The number of fused-ring (bicyclic) bond motifs is 1. The van der Waals surface area contributed by atoms with Gasteiger partial charge in [0.05, 0.1) is 5.69 Å². The summed E-state index contributed by atoms with van der Waals surface area (Å²) in [6, 6.07) is 16.9. The van der Waals surface area contributed by atoms with Gasteiger partial charge in [-0.05, 0) is 24.6 Å². The van der Waals surface area contributed by atoms with Crippen LogP contribution in [0.3, 0.4) is 0 Å². The maximum Gasteiger partial charge on any atom is 0.120 e. The van der Waals surface area contributed by atoms with Gasteiger partial charge in [-0.1, -0.05) is 59.6 Å². The highest BCUT2D eigenvalue weighted by Gasteiger charge is 2.29. The highest BCUT2D eigenvalue weighted by Crippen LogP contribution is 2.67. The van der Waals surface area contributed by atoms with Gasteiger partial charge in [-0.15, -0.1) is 0 Å². The van der Waals surface area contributed by atoms with E-state index in [4.69, 9.17) is 11.8 Å². The first-order valence-corrected chi connectivity index (χ1v) is 9.64. The smallest absolute Gasteiger partial charge is 0.120 e. The first-order chi connectivity index (χ1) is 8.17. The molecule has 2 aromatic carbocycles. The molecular formula is C13H12NPS2. The molecule has 1 heterocycles. The largest absolute Gasteiger partial charge is 0.345 e. The van der Waals surface area contributed by atoms with Gasteiger partial charge in [0.1, 0.15) is 5.39 Å². The van der Waals surface area contributed by atoms with Crippen molar-refractivity contribution >= 4 is 39.6 Å². The van der Waals surface area contributed by atoms with E-state index in [0.29, 0.717) is 0 Å². The third-order valence-electron chi connectivity index (χ3n) is 2.73. The predicted octanol–water partition coefficient (Wildman–Crippen LogP) is 4.15. The maximum atomic E-state index is 5.84. The lowest BCUT2D eigenvalue weighted by Crippen LogP contribution is -2.04. The zero-order valence-electron chi connectivity index (χ0n) is 9.38. The van der Waals surface area contributed by atoms with E-state index in [0.717, 1.165) is 0 Å². The van der Waals surface area contributed by atoms with Crippen LogP contribution in [0, 0.1) is 6.92 Å². The second-order valence-corrected chi connectivity index (χ2v) is 11.1. The molecule has 1 aliphatic rings. The van der Waals surface area contributed by atoms with E-state index < -0.39 is 5.39 Å². The third-order valence-corrected chi connectivity index (χ3v) is 8.88. The molecule has 0 saturated heterocycles. The van der Waals surface area contributed by atoms with E-state index in [2.05, 4.69) is 54.5 Å². The van der Waals surface area contributed by atoms with Crippen molar-refractivity contribution in [1.29, 1.82) is 0 Å². The van der Waals surface area contributed by atoms with Gasteiger partial charge in [0.2, 0.25) is 0 Å². The van der Waals surface area contributed by atoms with Crippen LogP contribution in [0.5, 0.6) is 0 Å². The summed E-state index contributed by atoms with van der Waals surface area (Å²) < 4.78 is 0. The predicted molar refractivity (Wildman–Crippen MR) is 81.0 cm³/mol. The van der Waals surface area contributed by atoms with Gasteiger partial charge in [0.15, 0.2) is 0 Å². The van der Waals surface area contributed by atoms with E-state index in [1.807, 2.05) is 17.4 Å². The van der Waals surface area contributed by atoms with Gasteiger partial charge in [-0.3, -0.25) is 0 Å². The van der Waals surface area contributed by atoms with E-state index in [1.54, 1.807) is 0 Å². The van der Waals surface area contributed by atoms with Crippen molar-refractivity contribution in [1.82, 2.24) is 0 Å². The van der Waals surface area contributed by atoms with Crippen LogP contribution in [0.1, 0.15) is 5.56 Å². The molecule has 0 spiro atoms. The summed E-state index contributed by atoms with van der Waals surface area (Å²) in [7, 11) is 0. The second kappa shape index (κ2) is 4.16. The van der Waals surface area contributed by atoms with Crippen LogP contribution in [0.15, 0.2) is 53.4 Å². The summed E-state index contributed by atoms with van der Waals surface area (Å²) in [6.07, 6.45) is 0. The number of benzene rings is 2. The van der Waals surface area contributed by atoms with Gasteiger partial charge in [-0.25, -0.2) is 0 Å². The standard InChI is InChI=1S/C13H12NPS2/c1-10-7-8-12-13(9-10)17-15(16,14-12)11-5-3-2-4-6-11/h2-9H,1H3,(H,14,16). The molecule has 1 N–H and O–H groups in total. The van der Waals surface area contributed by atoms with E-state index >= 15 is 0 Å². The van der Waals surface area contributed by atoms with Crippen molar-refractivity contribution in [3.05, 3.63) is 54.1 Å². The van der Waals surface area contributed by atoms with Crippen LogP contribution in [0.4, 0.5) is 5.69 Å². The zero-order valence-corrected chi connectivity index (χ0v) is 11.9. The van der Waals surface area contributed by atoms with Crippen molar-refractivity contribution in [2.24, 2.45) is 0 Å². The Hall–Kier alpha value is -0.760. The molecule has 0 amide bonds. The Bertz CT molecular complexity index is 610. The lowest BCUT2D eigenvalue weighted by molar-refractivity contribution is 1.38. The summed E-state index contributed by atoms with van der Waals surface area (Å²) in [5, 5.41) is 3.06. The molecule has 1 atom stereocenters. The van der Waals surface area contributed by atoms with Crippen molar-refractivity contribution in [3.8, 4) is 0 Å². The van der Waals surface area contributed by atoms with Gasteiger partial charge in [-0.2, -0.15) is 0 Å². The SMILES string of the molecule is Cc1ccc2c(c1)SP(=S)(c1ccccc1)N2. The monoisotopic (exact) mass is 277 g/mol. The molecule has 2 aromatic rings. The first-order valence-electron chi connectivity index (χ1n) is 5.42. The normalized spacial score (nSPS) is 21.9. The van der Waals surface area contributed by atoms with Crippen molar-refractivity contribution in [2.45, 2.75) is 11.8 Å². The first kappa shape index (κ1) is 11.3. The van der Waals surface area contributed by atoms with Crippen molar-refractivity contribution < 1.29 is 0 Å². The molecular weight excluding hydrogens is 265 g/mol.